The predicted molar refractivity (Wildman–Crippen MR) is 153 cm³/mol. The van der Waals surface area contributed by atoms with Crippen molar-refractivity contribution in [1.82, 2.24) is 30.4 Å². The minimum absolute atomic E-state index is 0.362. The highest BCUT2D eigenvalue weighted by Crippen LogP contribution is 2.38. The molecule has 0 saturated carbocycles. The number of piperidine rings is 2. The fraction of sp³-hybridized carbons (Fsp3) is 0.367. The molecular formula is C30H34ClN7. The van der Waals surface area contributed by atoms with Crippen LogP contribution in [0.25, 0.3) is 22.5 Å². The van der Waals surface area contributed by atoms with Crippen LogP contribution < -0.4 is 10.6 Å². The number of hydrogen-bond donors (Lipinski definition) is 3. The van der Waals surface area contributed by atoms with E-state index in [0.717, 1.165) is 86.6 Å². The van der Waals surface area contributed by atoms with Crippen molar-refractivity contribution in [2.24, 2.45) is 0 Å². The van der Waals surface area contributed by atoms with Gasteiger partial charge in [0.1, 0.15) is 5.69 Å². The van der Waals surface area contributed by atoms with Gasteiger partial charge >= 0.3 is 0 Å². The van der Waals surface area contributed by atoms with E-state index < -0.39 is 0 Å². The van der Waals surface area contributed by atoms with Gasteiger partial charge in [-0.1, -0.05) is 54.1 Å². The Morgan fingerprint density at radius 3 is 2.45 bits per heavy atom. The minimum Gasteiger partial charge on any atom is -0.351 e. The third-order valence-corrected chi connectivity index (χ3v) is 7.99. The van der Waals surface area contributed by atoms with E-state index in [1.54, 1.807) is 0 Å². The number of nitrogens with zero attached hydrogens (tertiary/aromatic N) is 4. The fourth-order valence-corrected chi connectivity index (χ4v) is 5.79. The van der Waals surface area contributed by atoms with E-state index in [0.29, 0.717) is 22.9 Å². The largest absolute Gasteiger partial charge is 0.351 e. The quantitative estimate of drug-likeness (QED) is 0.285. The summed E-state index contributed by atoms with van der Waals surface area (Å²) in [4.78, 5) is 12.1. The van der Waals surface area contributed by atoms with E-state index in [1.807, 2.05) is 36.5 Å². The lowest BCUT2D eigenvalue weighted by atomic mass is 9.89. The first-order valence-electron chi connectivity index (χ1n) is 13.6. The highest BCUT2D eigenvalue weighted by atomic mass is 35.5. The lowest BCUT2D eigenvalue weighted by Crippen LogP contribution is -2.38. The van der Waals surface area contributed by atoms with E-state index in [-0.39, 0.29) is 0 Å². The van der Waals surface area contributed by atoms with E-state index in [1.165, 1.54) is 5.56 Å². The second kappa shape index (κ2) is 11.6. The van der Waals surface area contributed by atoms with Crippen LogP contribution in [0.1, 0.15) is 42.9 Å². The monoisotopic (exact) mass is 527 g/mol. The highest BCUT2D eigenvalue weighted by molar-refractivity contribution is 6.30. The van der Waals surface area contributed by atoms with Crippen LogP contribution in [-0.4, -0.2) is 57.3 Å². The number of hydrogen-bond acceptors (Lipinski definition) is 6. The summed E-state index contributed by atoms with van der Waals surface area (Å²) in [5.74, 6) is 1.10. The topological polar surface area (TPSA) is 81.8 Å². The van der Waals surface area contributed by atoms with Crippen LogP contribution in [0.5, 0.6) is 0 Å². The van der Waals surface area contributed by atoms with Crippen molar-refractivity contribution in [1.29, 1.82) is 0 Å². The fourth-order valence-electron chi connectivity index (χ4n) is 5.66. The molecule has 0 aliphatic carbocycles. The maximum absolute atomic E-state index is 6.18. The molecule has 6 rings (SSSR count). The molecule has 2 aromatic heterocycles. The van der Waals surface area contributed by atoms with Gasteiger partial charge in [0.05, 0.1) is 5.69 Å². The molecule has 38 heavy (non-hydrogen) atoms. The van der Waals surface area contributed by atoms with Gasteiger partial charge in [0.25, 0.3) is 0 Å². The molecule has 2 saturated heterocycles. The number of nitrogens with one attached hydrogen (secondary N) is 3. The molecule has 2 aliphatic heterocycles. The number of likely N-dealkylation sites (tertiary alicyclic amines) is 1. The maximum atomic E-state index is 6.18. The third-order valence-electron chi connectivity index (χ3n) is 7.74. The van der Waals surface area contributed by atoms with Crippen LogP contribution in [-0.2, 0) is 6.54 Å². The molecule has 2 aromatic carbocycles. The van der Waals surface area contributed by atoms with Crippen molar-refractivity contribution in [2.75, 3.05) is 31.5 Å². The molecule has 8 heteroatoms. The maximum Gasteiger partial charge on any atom is 0.223 e. The zero-order chi connectivity index (χ0) is 25.7. The number of halogens is 1. The Labute approximate surface area is 229 Å². The average Bonchev–Trinajstić information content (AvgIpc) is 3.41. The highest BCUT2D eigenvalue weighted by Gasteiger charge is 2.26. The average molecular weight is 528 g/mol. The first kappa shape index (κ1) is 25.0. The number of anilines is 1. The second-order valence-electron chi connectivity index (χ2n) is 10.3. The first-order valence-corrected chi connectivity index (χ1v) is 14.0. The van der Waals surface area contributed by atoms with E-state index in [9.17, 15) is 0 Å². The van der Waals surface area contributed by atoms with E-state index in [2.05, 4.69) is 55.9 Å². The van der Waals surface area contributed by atoms with E-state index in [4.69, 9.17) is 21.7 Å². The zero-order valence-corrected chi connectivity index (χ0v) is 22.3. The van der Waals surface area contributed by atoms with Crippen molar-refractivity contribution in [3.8, 4) is 22.5 Å². The summed E-state index contributed by atoms with van der Waals surface area (Å²) in [6.45, 7) is 5.16. The Hall–Kier alpha value is -3.26. The summed E-state index contributed by atoms with van der Waals surface area (Å²) >= 11 is 6.18. The normalized spacial score (nSPS) is 17.5. The lowest BCUT2D eigenvalue weighted by Gasteiger charge is -2.32. The molecule has 0 spiro atoms. The molecule has 0 unspecified atom stereocenters. The van der Waals surface area contributed by atoms with Crippen molar-refractivity contribution in [3.05, 3.63) is 83.1 Å². The van der Waals surface area contributed by atoms with Crippen molar-refractivity contribution >= 4 is 17.5 Å². The van der Waals surface area contributed by atoms with Crippen molar-refractivity contribution < 1.29 is 0 Å². The van der Waals surface area contributed by atoms with Gasteiger partial charge in [-0.15, -0.1) is 0 Å². The van der Waals surface area contributed by atoms with Gasteiger partial charge in [-0.2, -0.15) is 5.10 Å². The smallest absolute Gasteiger partial charge is 0.223 e. The minimum atomic E-state index is 0.362. The molecule has 4 aromatic rings. The third kappa shape index (κ3) is 5.75. The van der Waals surface area contributed by atoms with Gasteiger partial charge in [-0.05, 0) is 62.5 Å². The van der Waals surface area contributed by atoms with Crippen molar-refractivity contribution in [2.45, 2.75) is 44.2 Å². The van der Waals surface area contributed by atoms with Crippen LogP contribution >= 0.6 is 11.6 Å². The van der Waals surface area contributed by atoms with Gasteiger partial charge in [-0.3, -0.25) is 10.00 Å². The molecule has 7 nitrogen and oxygen atoms in total. The summed E-state index contributed by atoms with van der Waals surface area (Å²) in [6, 6.07) is 21.0. The van der Waals surface area contributed by atoms with E-state index >= 15 is 0 Å². The predicted octanol–water partition coefficient (Wildman–Crippen LogP) is 5.73. The summed E-state index contributed by atoms with van der Waals surface area (Å²) in [5, 5.41) is 16.0. The molecule has 196 valence electrons. The molecular weight excluding hydrogens is 494 g/mol. The van der Waals surface area contributed by atoms with Crippen molar-refractivity contribution in [3.63, 3.8) is 0 Å². The Bertz CT molecular complexity index is 1320. The SMILES string of the molecule is Clc1ccc(-c2n[nH]c(C3CCNCC3)c2-c2ccnc(NC3CCN(Cc4ccccc4)CC3)n2)cc1. The standard InChI is InChI=1S/C30H34ClN7/c31-24-8-6-22(7-9-24)28-27(29(37-36-28)23-10-15-32-16-11-23)26-12-17-33-30(35-26)34-25-13-18-38(19-14-25)20-21-4-2-1-3-5-21/h1-9,12,17,23,25,32H,10-11,13-16,18-20H2,(H,36,37)(H,33,34,35). The zero-order valence-electron chi connectivity index (χ0n) is 21.5. The Morgan fingerprint density at radius 2 is 1.68 bits per heavy atom. The molecule has 2 aliphatic rings. The molecule has 0 atom stereocenters. The Balaban J connectivity index is 1.21. The number of benzene rings is 2. The van der Waals surface area contributed by atoms with Crippen LogP contribution in [0.4, 0.5) is 5.95 Å². The molecule has 0 amide bonds. The van der Waals surface area contributed by atoms with Gasteiger partial charge < -0.3 is 10.6 Å². The van der Waals surface area contributed by atoms with Crippen LogP contribution in [0.2, 0.25) is 5.02 Å². The van der Waals surface area contributed by atoms with Crippen LogP contribution in [0.3, 0.4) is 0 Å². The Kier molecular flexibility index (Phi) is 7.67. The molecule has 2 fully saturated rings. The van der Waals surface area contributed by atoms with Gasteiger partial charge in [-0.25, -0.2) is 9.97 Å². The molecule has 0 radical (unpaired) electrons. The van der Waals surface area contributed by atoms with Gasteiger partial charge in [0.2, 0.25) is 5.95 Å². The van der Waals surface area contributed by atoms with Crippen LogP contribution in [0, 0.1) is 0 Å². The molecule has 4 heterocycles. The number of H-pyrrole nitrogens is 1. The molecule has 3 N–H and O–H groups in total. The number of aromatic amines is 1. The van der Waals surface area contributed by atoms with Gasteiger partial charge in [0, 0.05) is 59.6 Å². The summed E-state index contributed by atoms with van der Waals surface area (Å²) in [5.41, 5.74) is 6.44. The number of rotatable bonds is 7. The second-order valence-corrected chi connectivity index (χ2v) is 10.8. The molecule has 0 bridgehead atoms. The Morgan fingerprint density at radius 1 is 0.921 bits per heavy atom. The first-order chi connectivity index (χ1) is 18.7. The summed E-state index contributed by atoms with van der Waals surface area (Å²) in [6.07, 6.45) is 6.16. The lowest BCUT2D eigenvalue weighted by molar-refractivity contribution is 0.211. The number of aromatic nitrogens is 4. The summed E-state index contributed by atoms with van der Waals surface area (Å²) in [7, 11) is 0. The van der Waals surface area contributed by atoms with Crippen LogP contribution in [0.15, 0.2) is 66.9 Å². The summed E-state index contributed by atoms with van der Waals surface area (Å²) < 4.78 is 0. The van der Waals surface area contributed by atoms with Gasteiger partial charge in [0.15, 0.2) is 0 Å².